The first-order valence-electron chi connectivity index (χ1n) is 5.82. The zero-order chi connectivity index (χ0) is 14.0. The molecule has 0 aliphatic carbocycles. The number of likely N-dealkylation sites (N-methyl/N-ethyl adjacent to an activating group) is 1. The molecule has 1 aliphatic rings. The van der Waals surface area contributed by atoms with Gasteiger partial charge in [0.05, 0.1) is 19.6 Å². The number of rotatable bonds is 3. The molecule has 1 aromatic heterocycles. The Labute approximate surface area is 109 Å². The number of nitrogens with one attached hydrogen (secondary N) is 1. The number of hydrogen-bond acceptors (Lipinski definition) is 6. The SMILES string of the molecule is CN(C)CC(=O)N1CCn2nc(C(=O)NO)nc2C1. The maximum absolute atomic E-state index is 11.9. The zero-order valence-corrected chi connectivity index (χ0v) is 10.8. The van der Waals surface area contributed by atoms with E-state index in [-0.39, 0.29) is 11.7 Å². The number of carbonyl (C=O) groups is 2. The van der Waals surface area contributed by atoms with E-state index in [0.717, 1.165) is 0 Å². The molecule has 2 N–H and O–H groups in total. The van der Waals surface area contributed by atoms with E-state index in [1.165, 1.54) is 5.48 Å². The number of fused-ring (bicyclic) bond motifs is 1. The highest BCUT2D eigenvalue weighted by molar-refractivity contribution is 5.89. The van der Waals surface area contributed by atoms with Crippen LogP contribution in [0.15, 0.2) is 0 Å². The van der Waals surface area contributed by atoms with Crippen LogP contribution in [0.5, 0.6) is 0 Å². The van der Waals surface area contributed by atoms with E-state index < -0.39 is 5.91 Å². The van der Waals surface area contributed by atoms with Crippen molar-refractivity contribution in [2.75, 3.05) is 27.2 Å². The lowest BCUT2D eigenvalue weighted by Gasteiger charge is -2.27. The topological polar surface area (TPSA) is 104 Å². The van der Waals surface area contributed by atoms with Gasteiger partial charge in [-0.25, -0.2) is 15.1 Å². The number of amides is 2. The van der Waals surface area contributed by atoms with Crippen molar-refractivity contribution in [2.24, 2.45) is 0 Å². The maximum Gasteiger partial charge on any atom is 0.314 e. The van der Waals surface area contributed by atoms with Crippen molar-refractivity contribution in [3.05, 3.63) is 11.6 Å². The zero-order valence-electron chi connectivity index (χ0n) is 10.8. The van der Waals surface area contributed by atoms with Crippen LogP contribution in [0, 0.1) is 0 Å². The summed E-state index contributed by atoms with van der Waals surface area (Å²) >= 11 is 0. The molecule has 0 fully saturated rings. The third-order valence-electron chi connectivity index (χ3n) is 2.77. The van der Waals surface area contributed by atoms with E-state index >= 15 is 0 Å². The van der Waals surface area contributed by atoms with Crippen LogP contribution in [0.1, 0.15) is 16.4 Å². The Kier molecular flexibility index (Phi) is 3.76. The van der Waals surface area contributed by atoms with E-state index in [2.05, 4.69) is 10.1 Å². The second-order valence-electron chi connectivity index (χ2n) is 4.57. The molecule has 0 saturated heterocycles. The lowest BCUT2D eigenvalue weighted by molar-refractivity contribution is -0.133. The molecule has 0 bridgehead atoms. The van der Waals surface area contributed by atoms with Gasteiger partial charge in [0.2, 0.25) is 11.7 Å². The van der Waals surface area contributed by atoms with Crippen molar-refractivity contribution < 1.29 is 14.8 Å². The maximum atomic E-state index is 11.9. The molecular weight excluding hydrogens is 252 g/mol. The van der Waals surface area contributed by atoms with Crippen molar-refractivity contribution in [3.63, 3.8) is 0 Å². The summed E-state index contributed by atoms with van der Waals surface area (Å²) in [6, 6.07) is 0. The molecule has 2 rings (SSSR count). The van der Waals surface area contributed by atoms with E-state index in [4.69, 9.17) is 5.21 Å². The van der Waals surface area contributed by atoms with Crippen molar-refractivity contribution in [2.45, 2.75) is 13.1 Å². The normalized spacial score (nSPS) is 14.4. The van der Waals surface area contributed by atoms with Gasteiger partial charge in [-0.3, -0.25) is 14.8 Å². The minimum atomic E-state index is -0.756. The monoisotopic (exact) mass is 268 g/mol. The lowest BCUT2D eigenvalue weighted by Crippen LogP contribution is -2.42. The van der Waals surface area contributed by atoms with Gasteiger partial charge in [0.15, 0.2) is 0 Å². The number of aromatic nitrogens is 3. The van der Waals surface area contributed by atoms with Gasteiger partial charge >= 0.3 is 5.91 Å². The highest BCUT2D eigenvalue weighted by Crippen LogP contribution is 2.10. The molecule has 9 nitrogen and oxygen atoms in total. The van der Waals surface area contributed by atoms with E-state index in [0.29, 0.717) is 32.0 Å². The summed E-state index contributed by atoms with van der Waals surface area (Å²) in [5.74, 6) is -0.308. The van der Waals surface area contributed by atoms with Crippen molar-refractivity contribution in [1.29, 1.82) is 0 Å². The predicted molar refractivity (Wildman–Crippen MR) is 63.2 cm³/mol. The highest BCUT2D eigenvalue weighted by Gasteiger charge is 2.25. The second kappa shape index (κ2) is 5.33. The lowest BCUT2D eigenvalue weighted by atomic mass is 10.3. The van der Waals surface area contributed by atoms with Crippen LogP contribution in [0.2, 0.25) is 0 Å². The van der Waals surface area contributed by atoms with Crippen LogP contribution in [0.4, 0.5) is 0 Å². The highest BCUT2D eigenvalue weighted by atomic mass is 16.5. The summed E-state index contributed by atoms with van der Waals surface area (Å²) in [7, 11) is 3.65. The van der Waals surface area contributed by atoms with E-state index in [9.17, 15) is 9.59 Å². The minimum absolute atomic E-state index is 0.00686. The summed E-state index contributed by atoms with van der Waals surface area (Å²) in [5, 5.41) is 12.5. The molecule has 0 saturated carbocycles. The van der Waals surface area contributed by atoms with Gasteiger partial charge in [-0.15, -0.1) is 5.10 Å². The molecule has 104 valence electrons. The first-order chi connectivity index (χ1) is 9.01. The third kappa shape index (κ3) is 2.88. The first kappa shape index (κ1) is 13.4. The molecular formula is C10H16N6O3. The standard InChI is InChI=1S/C10H16N6O3/c1-14(2)6-8(17)15-3-4-16-7(5-15)11-9(12-16)10(18)13-19/h19H,3-6H2,1-2H3,(H,13,18). The molecule has 0 unspecified atom stereocenters. The molecule has 0 atom stereocenters. The Balaban J connectivity index is 2.09. The number of hydroxylamine groups is 1. The van der Waals surface area contributed by atoms with E-state index in [1.807, 2.05) is 14.1 Å². The minimum Gasteiger partial charge on any atom is -0.332 e. The molecule has 1 aromatic rings. The molecule has 2 heterocycles. The Hall–Kier alpha value is -2.00. The first-order valence-corrected chi connectivity index (χ1v) is 5.82. The van der Waals surface area contributed by atoms with E-state index in [1.54, 1.807) is 14.5 Å². The van der Waals surface area contributed by atoms with Gasteiger partial charge in [-0.2, -0.15) is 0 Å². The Morgan fingerprint density at radius 2 is 2.16 bits per heavy atom. The van der Waals surface area contributed by atoms with Gasteiger partial charge in [-0.05, 0) is 14.1 Å². The van der Waals surface area contributed by atoms with Crippen LogP contribution in [-0.2, 0) is 17.9 Å². The predicted octanol–water partition coefficient (Wildman–Crippen LogP) is -1.70. The van der Waals surface area contributed by atoms with Crippen LogP contribution in [0.3, 0.4) is 0 Å². The molecule has 0 radical (unpaired) electrons. The van der Waals surface area contributed by atoms with Gasteiger partial charge in [0.1, 0.15) is 5.82 Å². The fourth-order valence-electron chi connectivity index (χ4n) is 1.87. The Morgan fingerprint density at radius 3 is 2.79 bits per heavy atom. The summed E-state index contributed by atoms with van der Waals surface area (Å²) in [6.45, 7) is 1.67. The average molecular weight is 268 g/mol. The summed E-state index contributed by atoms with van der Waals surface area (Å²) < 4.78 is 1.57. The molecule has 0 aromatic carbocycles. The molecule has 2 amide bonds. The number of hydrogen-bond donors (Lipinski definition) is 2. The summed E-state index contributed by atoms with van der Waals surface area (Å²) in [4.78, 5) is 30.6. The molecule has 9 heteroatoms. The van der Waals surface area contributed by atoms with Crippen LogP contribution < -0.4 is 5.48 Å². The average Bonchev–Trinajstić information content (AvgIpc) is 2.79. The largest absolute Gasteiger partial charge is 0.332 e. The second-order valence-corrected chi connectivity index (χ2v) is 4.57. The van der Waals surface area contributed by atoms with Gasteiger partial charge in [-0.1, -0.05) is 0 Å². The van der Waals surface area contributed by atoms with Crippen LogP contribution in [-0.4, -0.2) is 68.8 Å². The van der Waals surface area contributed by atoms with Crippen LogP contribution >= 0.6 is 0 Å². The van der Waals surface area contributed by atoms with Crippen molar-refractivity contribution in [1.82, 2.24) is 30.0 Å². The fourth-order valence-corrected chi connectivity index (χ4v) is 1.87. The van der Waals surface area contributed by atoms with Crippen molar-refractivity contribution in [3.8, 4) is 0 Å². The third-order valence-corrected chi connectivity index (χ3v) is 2.77. The molecule has 0 spiro atoms. The summed E-state index contributed by atoms with van der Waals surface area (Å²) in [5.41, 5.74) is 1.49. The van der Waals surface area contributed by atoms with Gasteiger partial charge in [0.25, 0.3) is 0 Å². The molecule has 1 aliphatic heterocycles. The summed E-state index contributed by atoms with van der Waals surface area (Å²) in [6.07, 6.45) is 0. The fraction of sp³-hybridized carbons (Fsp3) is 0.600. The van der Waals surface area contributed by atoms with Gasteiger partial charge in [0, 0.05) is 6.54 Å². The van der Waals surface area contributed by atoms with Crippen LogP contribution in [0.25, 0.3) is 0 Å². The van der Waals surface area contributed by atoms with Gasteiger partial charge < -0.3 is 9.80 Å². The Bertz CT molecular complexity index is 497. The molecule has 19 heavy (non-hydrogen) atoms. The van der Waals surface area contributed by atoms with Crippen molar-refractivity contribution >= 4 is 11.8 Å². The number of nitrogens with zero attached hydrogens (tertiary/aromatic N) is 5. The Morgan fingerprint density at radius 1 is 1.42 bits per heavy atom. The smallest absolute Gasteiger partial charge is 0.314 e. The number of carbonyl (C=O) groups excluding carboxylic acids is 2. The quantitative estimate of drug-likeness (QED) is 0.500.